The van der Waals surface area contributed by atoms with Crippen LogP contribution < -0.4 is 0 Å². The Morgan fingerprint density at radius 1 is 1.19 bits per heavy atom. The Morgan fingerprint density at radius 3 is 2.42 bits per heavy atom. The van der Waals surface area contributed by atoms with Crippen LogP contribution in [0.15, 0.2) is 29.3 Å². The van der Waals surface area contributed by atoms with Crippen LogP contribution in [0.2, 0.25) is 5.02 Å². The van der Waals surface area contributed by atoms with Crippen molar-refractivity contribution in [3.05, 3.63) is 62.5 Å². The van der Waals surface area contributed by atoms with E-state index >= 15 is 0 Å². The molecule has 3 aromatic rings. The molecule has 1 N–H and O–H groups in total. The van der Waals surface area contributed by atoms with E-state index in [1.165, 1.54) is 11.3 Å². The van der Waals surface area contributed by atoms with Gasteiger partial charge in [-0.2, -0.15) is 0 Å². The van der Waals surface area contributed by atoms with Crippen LogP contribution in [0.5, 0.6) is 0 Å². The van der Waals surface area contributed by atoms with Crippen molar-refractivity contribution in [2.24, 2.45) is 4.99 Å². The van der Waals surface area contributed by atoms with Crippen LogP contribution in [0.1, 0.15) is 38.0 Å². The summed E-state index contributed by atoms with van der Waals surface area (Å²) in [6.45, 7) is 5.74. The van der Waals surface area contributed by atoms with Crippen LogP contribution in [-0.4, -0.2) is 38.6 Å². The maximum Gasteiger partial charge on any atom is 0.374 e. The van der Waals surface area contributed by atoms with Gasteiger partial charge in [0.15, 0.2) is 0 Å². The largest absolute Gasteiger partial charge is 0.475 e. The molecule has 26 heavy (non-hydrogen) atoms. The van der Waals surface area contributed by atoms with E-state index < -0.39 is 5.97 Å². The number of carboxylic acids is 1. The smallest absolute Gasteiger partial charge is 0.374 e. The van der Waals surface area contributed by atoms with Crippen molar-refractivity contribution < 1.29 is 9.90 Å². The second kappa shape index (κ2) is 7.01. The molecule has 0 bridgehead atoms. The number of carbonyl (C=O) groups is 1. The minimum atomic E-state index is -1.12. The van der Waals surface area contributed by atoms with Crippen LogP contribution in [-0.2, 0) is 0 Å². The third kappa shape index (κ3) is 3.04. The number of halogens is 1. The summed E-state index contributed by atoms with van der Waals surface area (Å²) < 4.78 is 1.57. The highest BCUT2D eigenvalue weighted by Crippen LogP contribution is 2.34. The summed E-state index contributed by atoms with van der Waals surface area (Å²) in [7, 11) is 1.72. The Balaban J connectivity index is 2.29. The summed E-state index contributed by atoms with van der Waals surface area (Å²) in [5.41, 5.74) is 3.59. The third-order valence-corrected chi connectivity index (χ3v) is 5.61. The lowest BCUT2D eigenvalue weighted by Gasteiger charge is -2.12. The molecule has 0 saturated heterocycles. The summed E-state index contributed by atoms with van der Waals surface area (Å²) in [4.78, 5) is 17.2. The van der Waals surface area contributed by atoms with Crippen molar-refractivity contribution >= 4 is 34.6 Å². The number of hydrogen-bond acceptors (Lipinski definition) is 5. The molecular weight excluding hydrogens is 372 g/mol. The van der Waals surface area contributed by atoms with Gasteiger partial charge in [0.25, 0.3) is 0 Å². The van der Waals surface area contributed by atoms with Crippen LogP contribution in [0.25, 0.3) is 5.00 Å². The summed E-state index contributed by atoms with van der Waals surface area (Å²) in [6, 6.07) is 7.42. The first kappa shape index (κ1) is 18.3. The van der Waals surface area contributed by atoms with Crippen molar-refractivity contribution in [3.63, 3.8) is 0 Å². The Bertz CT molecular complexity index is 1020. The van der Waals surface area contributed by atoms with Gasteiger partial charge in [0.1, 0.15) is 10.8 Å². The van der Waals surface area contributed by atoms with E-state index in [1.807, 2.05) is 38.1 Å². The van der Waals surface area contributed by atoms with Gasteiger partial charge in [0.2, 0.25) is 5.82 Å². The highest BCUT2D eigenvalue weighted by molar-refractivity contribution is 7.15. The van der Waals surface area contributed by atoms with Gasteiger partial charge >= 0.3 is 5.97 Å². The maximum atomic E-state index is 11.6. The predicted octanol–water partition coefficient (Wildman–Crippen LogP) is 4.07. The molecule has 6 nitrogen and oxygen atoms in total. The fraction of sp³-hybridized carbons (Fsp3) is 0.222. The first-order valence-electron chi connectivity index (χ1n) is 7.84. The van der Waals surface area contributed by atoms with Gasteiger partial charge in [-0.1, -0.05) is 23.7 Å². The minimum Gasteiger partial charge on any atom is -0.475 e. The van der Waals surface area contributed by atoms with Gasteiger partial charge in [-0.25, -0.2) is 4.79 Å². The Labute approximate surface area is 159 Å². The van der Waals surface area contributed by atoms with E-state index in [2.05, 4.69) is 15.2 Å². The number of benzene rings is 1. The number of rotatable bonds is 4. The van der Waals surface area contributed by atoms with Crippen molar-refractivity contribution in [3.8, 4) is 5.00 Å². The third-order valence-electron chi connectivity index (χ3n) is 4.16. The first-order valence-corrected chi connectivity index (χ1v) is 9.03. The number of aromatic carboxylic acids is 1. The second-order valence-corrected chi connectivity index (χ2v) is 7.39. The average Bonchev–Trinajstić information content (AvgIpc) is 3.12. The summed E-state index contributed by atoms with van der Waals surface area (Å²) in [5.74, 6) is -0.727. The molecule has 2 heterocycles. The molecule has 8 heteroatoms. The van der Waals surface area contributed by atoms with Gasteiger partial charge < -0.3 is 5.11 Å². The predicted molar refractivity (Wildman–Crippen MR) is 103 cm³/mol. The number of thiophene rings is 1. The zero-order valence-electron chi connectivity index (χ0n) is 14.7. The fourth-order valence-electron chi connectivity index (χ4n) is 2.78. The van der Waals surface area contributed by atoms with E-state index in [0.29, 0.717) is 10.8 Å². The molecule has 1 aromatic carbocycles. The monoisotopic (exact) mass is 388 g/mol. The molecule has 0 aliphatic carbocycles. The molecular formula is C18H17ClN4O2S. The van der Waals surface area contributed by atoms with Crippen molar-refractivity contribution in [2.45, 2.75) is 20.8 Å². The summed E-state index contributed by atoms with van der Waals surface area (Å²) >= 11 is 7.50. The second-order valence-electron chi connectivity index (χ2n) is 5.75. The SMILES string of the molecule is C/N=C(/c1ccc(Cl)cc1)c1c(-n2c(C)nnc2C(=O)O)sc(C)c1C. The zero-order chi connectivity index (χ0) is 19.0. The Kier molecular flexibility index (Phi) is 4.93. The molecule has 3 rings (SSSR count). The number of aliphatic imine (C=N–C) groups is 1. The van der Waals surface area contributed by atoms with E-state index in [-0.39, 0.29) is 5.82 Å². The lowest BCUT2D eigenvalue weighted by atomic mass is 10.00. The molecule has 0 fully saturated rings. The zero-order valence-corrected chi connectivity index (χ0v) is 16.3. The fourth-order valence-corrected chi connectivity index (χ4v) is 4.12. The molecule has 134 valence electrons. The van der Waals surface area contributed by atoms with Gasteiger partial charge in [0.05, 0.1) is 5.71 Å². The first-order chi connectivity index (χ1) is 12.3. The van der Waals surface area contributed by atoms with E-state index in [1.54, 1.807) is 18.5 Å². The van der Waals surface area contributed by atoms with Crippen LogP contribution in [0.3, 0.4) is 0 Å². The van der Waals surface area contributed by atoms with Gasteiger partial charge in [-0.3, -0.25) is 9.56 Å². The number of aromatic nitrogens is 3. The lowest BCUT2D eigenvalue weighted by molar-refractivity contribution is 0.0681. The number of aryl methyl sites for hydroxylation is 2. The van der Waals surface area contributed by atoms with E-state index in [0.717, 1.165) is 32.3 Å². The summed E-state index contributed by atoms with van der Waals surface area (Å²) in [6.07, 6.45) is 0. The number of carboxylic acid groups (broad SMARTS) is 1. The molecule has 0 unspecified atom stereocenters. The lowest BCUT2D eigenvalue weighted by Crippen LogP contribution is -2.13. The van der Waals surface area contributed by atoms with Crippen LogP contribution in [0, 0.1) is 20.8 Å². The van der Waals surface area contributed by atoms with Gasteiger partial charge in [0, 0.05) is 28.1 Å². The summed E-state index contributed by atoms with van der Waals surface area (Å²) in [5, 5.41) is 18.6. The normalized spacial score (nSPS) is 11.8. The average molecular weight is 389 g/mol. The molecule has 0 aliphatic heterocycles. The molecule has 2 aromatic heterocycles. The standard InChI is InChI=1S/C18H17ClN4O2S/c1-9-10(2)26-17(23-11(3)21-22-16(23)18(24)25)14(9)15(20-4)12-5-7-13(19)8-6-12/h5-8H,1-4H3,(H,24,25)/b20-15-. The molecule has 0 atom stereocenters. The molecule has 0 saturated carbocycles. The quantitative estimate of drug-likeness (QED) is 0.683. The molecule has 0 spiro atoms. The Morgan fingerprint density at radius 2 is 1.85 bits per heavy atom. The Hall–Kier alpha value is -2.51. The number of nitrogens with zero attached hydrogens (tertiary/aromatic N) is 4. The van der Waals surface area contributed by atoms with Crippen LogP contribution >= 0.6 is 22.9 Å². The van der Waals surface area contributed by atoms with Crippen molar-refractivity contribution in [2.75, 3.05) is 7.05 Å². The van der Waals surface area contributed by atoms with Crippen molar-refractivity contribution in [1.82, 2.24) is 14.8 Å². The maximum absolute atomic E-state index is 11.6. The van der Waals surface area contributed by atoms with Crippen LogP contribution in [0.4, 0.5) is 0 Å². The van der Waals surface area contributed by atoms with Gasteiger partial charge in [-0.15, -0.1) is 21.5 Å². The number of hydrogen-bond donors (Lipinski definition) is 1. The van der Waals surface area contributed by atoms with E-state index in [4.69, 9.17) is 11.6 Å². The van der Waals surface area contributed by atoms with E-state index in [9.17, 15) is 9.90 Å². The van der Waals surface area contributed by atoms with Crippen molar-refractivity contribution in [1.29, 1.82) is 0 Å². The molecule has 0 aliphatic rings. The van der Waals surface area contributed by atoms with Gasteiger partial charge in [-0.05, 0) is 38.5 Å². The molecule has 0 radical (unpaired) electrons. The minimum absolute atomic E-state index is 0.114. The molecule has 0 amide bonds. The highest BCUT2D eigenvalue weighted by Gasteiger charge is 2.25. The topological polar surface area (TPSA) is 80.4 Å². The highest BCUT2D eigenvalue weighted by atomic mass is 35.5.